The Bertz CT molecular complexity index is 1370. The Hall–Kier alpha value is -3.48. The number of carbonyl (C=O) groups excluding carboxylic acids is 2. The molecule has 3 fully saturated rings. The highest BCUT2D eigenvalue weighted by atomic mass is 32.1. The van der Waals surface area contributed by atoms with Crippen LogP contribution in [0.4, 0.5) is 19.6 Å². The summed E-state index contributed by atoms with van der Waals surface area (Å²) in [6, 6.07) is 2.87. The highest BCUT2D eigenvalue weighted by molar-refractivity contribution is 7.13. The van der Waals surface area contributed by atoms with Gasteiger partial charge in [0.2, 0.25) is 0 Å². The molecule has 10 nitrogen and oxygen atoms in total. The van der Waals surface area contributed by atoms with Gasteiger partial charge in [-0.25, -0.2) is 14.6 Å². The lowest BCUT2D eigenvalue weighted by molar-refractivity contribution is -0.216. The number of piperidine rings is 1. The lowest BCUT2D eigenvalue weighted by Gasteiger charge is -2.55. The zero-order valence-corrected chi connectivity index (χ0v) is 22.4. The minimum Gasteiger partial charge on any atom is -0.459 e. The van der Waals surface area contributed by atoms with Gasteiger partial charge in [-0.3, -0.25) is 4.90 Å². The number of anilines is 1. The van der Waals surface area contributed by atoms with E-state index in [9.17, 15) is 18.4 Å². The molecule has 3 saturated heterocycles. The summed E-state index contributed by atoms with van der Waals surface area (Å²) >= 11 is 1.37. The van der Waals surface area contributed by atoms with Crippen LogP contribution in [0.5, 0.6) is 5.75 Å². The first kappa shape index (κ1) is 26.1. The molecule has 2 atom stereocenters. The number of aromatic nitrogens is 2. The molecule has 2 bridgehead atoms. The van der Waals surface area contributed by atoms with E-state index in [2.05, 4.69) is 14.7 Å². The van der Waals surface area contributed by atoms with E-state index in [4.69, 9.17) is 13.9 Å². The van der Waals surface area contributed by atoms with Gasteiger partial charge in [-0.05, 0) is 53.2 Å². The number of amides is 1. The highest BCUT2D eigenvalue weighted by Crippen LogP contribution is 2.42. The van der Waals surface area contributed by atoms with E-state index in [1.165, 1.54) is 24.3 Å². The van der Waals surface area contributed by atoms with Gasteiger partial charge in [-0.1, -0.05) is 0 Å². The van der Waals surface area contributed by atoms with Crippen LogP contribution in [0.1, 0.15) is 39.8 Å². The standard InChI is InChI=1S/C25H28F2N4O6S/c1-6-34-21(32)25(26,27)36-17-8-7-16(20-28-13(2)12-38-20)19-18(17)29-22(35-19)30-10-14-9-15(11-30)31(14)23(33)37-24(3,4)5/h7-8,12,14-15H,6,9-11H2,1-5H3. The molecule has 0 N–H and O–H groups in total. The average molecular weight is 551 g/mol. The van der Waals surface area contributed by atoms with Gasteiger partial charge in [-0.2, -0.15) is 13.8 Å². The number of piperazine rings is 1. The van der Waals surface area contributed by atoms with E-state index < -0.39 is 17.7 Å². The molecular weight excluding hydrogens is 522 g/mol. The van der Waals surface area contributed by atoms with E-state index >= 15 is 0 Å². The number of hydrogen-bond acceptors (Lipinski definition) is 10. The summed E-state index contributed by atoms with van der Waals surface area (Å²) in [7, 11) is 0. The van der Waals surface area contributed by atoms with Crippen molar-refractivity contribution in [2.75, 3.05) is 24.6 Å². The van der Waals surface area contributed by atoms with Crippen LogP contribution >= 0.6 is 11.3 Å². The molecule has 38 heavy (non-hydrogen) atoms. The summed E-state index contributed by atoms with van der Waals surface area (Å²) in [6.07, 6.45) is -3.77. The van der Waals surface area contributed by atoms with Gasteiger partial charge in [0.25, 0.3) is 6.01 Å². The number of esters is 1. The van der Waals surface area contributed by atoms with Crippen molar-refractivity contribution in [1.29, 1.82) is 0 Å². The second kappa shape index (κ2) is 9.37. The summed E-state index contributed by atoms with van der Waals surface area (Å²) in [4.78, 5) is 37.0. The minimum atomic E-state index is -4.22. The van der Waals surface area contributed by atoms with Crippen LogP contribution < -0.4 is 9.64 Å². The number of carbonyl (C=O) groups is 2. The molecule has 0 aliphatic carbocycles. The smallest absolute Gasteiger partial charge is 0.459 e. The number of oxazole rings is 1. The fraction of sp³-hybridized carbons (Fsp3) is 0.520. The zero-order chi connectivity index (χ0) is 27.4. The number of alkyl halides is 2. The van der Waals surface area contributed by atoms with Crippen molar-refractivity contribution in [1.82, 2.24) is 14.9 Å². The summed E-state index contributed by atoms with van der Waals surface area (Å²) in [5.41, 5.74) is 0.979. The molecule has 2 aromatic heterocycles. The molecule has 2 unspecified atom stereocenters. The Balaban J connectivity index is 1.46. The number of aryl methyl sites for hydroxylation is 1. The Morgan fingerprint density at radius 1 is 1.18 bits per heavy atom. The van der Waals surface area contributed by atoms with Crippen LogP contribution in [-0.2, 0) is 14.3 Å². The van der Waals surface area contributed by atoms with Crippen molar-refractivity contribution < 1.29 is 37.0 Å². The maximum absolute atomic E-state index is 14.5. The van der Waals surface area contributed by atoms with E-state index in [1.54, 1.807) is 11.0 Å². The predicted octanol–water partition coefficient (Wildman–Crippen LogP) is 4.99. The molecule has 0 radical (unpaired) electrons. The Morgan fingerprint density at radius 2 is 1.89 bits per heavy atom. The predicted molar refractivity (Wildman–Crippen MR) is 135 cm³/mol. The number of thiazole rings is 1. The Morgan fingerprint density at radius 3 is 2.50 bits per heavy atom. The lowest BCUT2D eigenvalue weighted by atomic mass is 9.88. The molecule has 1 amide bonds. The van der Waals surface area contributed by atoms with Crippen LogP contribution in [0.3, 0.4) is 0 Å². The molecule has 13 heteroatoms. The third kappa shape index (κ3) is 4.86. The molecule has 3 aliphatic heterocycles. The van der Waals surface area contributed by atoms with Crippen molar-refractivity contribution in [3.8, 4) is 16.3 Å². The molecule has 0 spiro atoms. The zero-order valence-electron chi connectivity index (χ0n) is 21.6. The highest BCUT2D eigenvalue weighted by Gasteiger charge is 2.50. The number of rotatable bonds is 6. The molecule has 6 rings (SSSR count). The summed E-state index contributed by atoms with van der Waals surface area (Å²) in [5, 5.41) is 2.48. The molecule has 3 aromatic rings. The van der Waals surface area contributed by atoms with Crippen LogP contribution in [0.25, 0.3) is 21.7 Å². The summed E-state index contributed by atoms with van der Waals surface area (Å²) in [6.45, 7) is 9.37. The fourth-order valence-electron chi connectivity index (χ4n) is 4.61. The van der Waals surface area contributed by atoms with Crippen LogP contribution in [0.2, 0.25) is 0 Å². The maximum Gasteiger partial charge on any atom is 0.502 e. The number of benzene rings is 1. The molecule has 1 aromatic carbocycles. The first-order valence-corrected chi connectivity index (χ1v) is 13.1. The van der Waals surface area contributed by atoms with Gasteiger partial charge in [0.05, 0.1) is 24.3 Å². The second-order valence-corrected chi connectivity index (χ2v) is 11.1. The Kier molecular flexibility index (Phi) is 6.44. The SMILES string of the molecule is CCOC(=O)C(F)(F)Oc1ccc(-c2nc(C)cs2)c2oc(N3CC4CC(C3)N4C(=O)OC(C)(C)C)nc12. The van der Waals surface area contributed by atoms with Gasteiger partial charge < -0.3 is 23.5 Å². The number of halogens is 2. The van der Waals surface area contributed by atoms with Crippen molar-refractivity contribution in [2.24, 2.45) is 0 Å². The first-order chi connectivity index (χ1) is 17.9. The lowest BCUT2D eigenvalue weighted by Crippen LogP contribution is -2.70. The molecule has 3 aliphatic rings. The van der Waals surface area contributed by atoms with Crippen LogP contribution in [-0.4, -0.2) is 70.4 Å². The number of nitrogens with zero attached hydrogens (tertiary/aromatic N) is 4. The van der Waals surface area contributed by atoms with Crippen molar-refractivity contribution >= 4 is 40.5 Å². The van der Waals surface area contributed by atoms with E-state index in [-0.39, 0.29) is 47.6 Å². The number of fused-ring (bicyclic) bond motifs is 3. The second-order valence-electron chi connectivity index (χ2n) is 10.3. The van der Waals surface area contributed by atoms with Crippen molar-refractivity contribution in [3.05, 3.63) is 23.2 Å². The third-order valence-electron chi connectivity index (χ3n) is 6.16. The monoisotopic (exact) mass is 550 g/mol. The summed E-state index contributed by atoms with van der Waals surface area (Å²) in [5.74, 6) is -2.13. The topological polar surface area (TPSA) is 107 Å². The molecule has 5 heterocycles. The van der Waals surface area contributed by atoms with Crippen LogP contribution in [0, 0.1) is 6.92 Å². The molecule has 0 saturated carbocycles. The van der Waals surface area contributed by atoms with Gasteiger partial charge in [0.15, 0.2) is 16.8 Å². The van der Waals surface area contributed by atoms with Gasteiger partial charge in [0.1, 0.15) is 10.6 Å². The van der Waals surface area contributed by atoms with Gasteiger partial charge in [0, 0.05) is 24.2 Å². The van der Waals surface area contributed by atoms with E-state index in [0.717, 1.165) is 12.1 Å². The minimum absolute atomic E-state index is 0.0255. The van der Waals surface area contributed by atoms with Crippen molar-refractivity contribution in [2.45, 2.75) is 64.8 Å². The average Bonchev–Trinajstić information content (AvgIpc) is 3.45. The Labute approximate surface area is 221 Å². The normalized spacial score (nSPS) is 19.3. The van der Waals surface area contributed by atoms with Gasteiger partial charge >= 0.3 is 18.2 Å². The largest absolute Gasteiger partial charge is 0.502 e. The fourth-order valence-corrected chi connectivity index (χ4v) is 5.43. The first-order valence-electron chi connectivity index (χ1n) is 12.2. The van der Waals surface area contributed by atoms with E-state index in [0.29, 0.717) is 23.7 Å². The number of ether oxygens (including phenoxy) is 3. The van der Waals surface area contributed by atoms with E-state index in [1.807, 2.05) is 38.0 Å². The third-order valence-corrected chi connectivity index (χ3v) is 7.16. The maximum atomic E-state index is 14.5. The number of hydrogen-bond donors (Lipinski definition) is 0. The summed E-state index contributed by atoms with van der Waals surface area (Å²) < 4.78 is 49.9. The van der Waals surface area contributed by atoms with Gasteiger partial charge in [-0.15, -0.1) is 11.3 Å². The van der Waals surface area contributed by atoms with Crippen LogP contribution in [0.15, 0.2) is 21.9 Å². The van der Waals surface area contributed by atoms with Crippen molar-refractivity contribution in [3.63, 3.8) is 0 Å². The molecule has 204 valence electrons. The quantitative estimate of drug-likeness (QED) is 0.392. The molecular formula is C25H28F2N4O6S.